The first-order valence-electron chi connectivity index (χ1n) is 14.4. The molecule has 2 aromatic carbocycles. The lowest BCUT2D eigenvalue weighted by atomic mass is 9.96. The number of aliphatic hydroxyl groups is 1. The topological polar surface area (TPSA) is 118 Å². The third kappa shape index (κ3) is 6.89. The third-order valence-corrected chi connectivity index (χ3v) is 7.82. The molecule has 1 atom stereocenters. The van der Waals surface area contributed by atoms with E-state index in [1.165, 1.54) is 12.3 Å². The van der Waals surface area contributed by atoms with Crippen LogP contribution in [0.4, 0.5) is 19.0 Å². The smallest absolute Gasteiger partial charge is 0.250 e. The number of hydrogen-bond acceptors (Lipinski definition) is 7. The van der Waals surface area contributed by atoms with Gasteiger partial charge in [-0.15, -0.1) is 0 Å². The lowest BCUT2D eigenvalue weighted by Crippen LogP contribution is -2.41. The van der Waals surface area contributed by atoms with Crippen LogP contribution in [0.25, 0.3) is 39.3 Å². The van der Waals surface area contributed by atoms with Gasteiger partial charge in [-0.25, -0.2) is 18.2 Å². The predicted molar refractivity (Wildman–Crippen MR) is 165 cm³/mol. The molecule has 0 radical (unpaired) electrons. The molecule has 11 heteroatoms. The lowest BCUT2D eigenvalue weighted by Gasteiger charge is -2.35. The normalized spacial score (nSPS) is 15.8. The summed E-state index contributed by atoms with van der Waals surface area (Å²) in [6, 6.07) is 17.6. The van der Waals surface area contributed by atoms with Crippen molar-refractivity contribution in [2.45, 2.75) is 31.5 Å². The number of aliphatic hydroxyl groups excluding tert-OH is 1. The molecule has 8 nitrogen and oxygen atoms in total. The highest BCUT2D eigenvalue weighted by Crippen LogP contribution is 2.38. The molecule has 1 aliphatic rings. The summed E-state index contributed by atoms with van der Waals surface area (Å²) < 4.78 is 48.2. The van der Waals surface area contributed by atoms with Crippen molar-refractivity contribution in [2.24, 2.45) is 0 Å². The number of furan rings is 1. The third-order valence-electron chi connectivity index (χ3n) is 7.82. The molecule has 4 heterocycles. The van der Waals surface area contributed by atoms with Crippen LogP contribution in [-0.2, 0) is 11.3 Å². The van der Waals surface area contributed by atoms with Gasteiger partial charge in [0, 0.05) is 60.9 Å². The number of carbonyl (C=O) groups is 1. The minimum absolute atomic E-state index is 0.0977. The predicted octanol–water partition coefficient (Wildman–Crippen LogP) is 6.33. The maximum Gasteiger partial charge on any atom is 0.250 e. The van der Waals surface area contributed by atoms with Gasteiger partial charge in [0.2, 0.25) is 5.91 Å². The van der Waals surface area contributed by atoms with Crippen LogP contribution in [0.2, 0.25) is 0 Å². The van der Waals surface area contributed by atoms with Gasteiger partial charge in [-0.05, 0) is 64.7 Å². The number of piperidine rings is 1. The minimum Gasteiger partial charge on any atom is -0.459 e. The first-order chi connectivity index (χ1) is 21.6. The Kier molecular flexibility index (Phi) is 8.38. The SMILES string of the molecule is Nc1ccc(/C=C/C(=O)NCc2cc3cc(-c4ccc(C(O)N5CCC(F)(F)CC5)cc4)cc(-c4ccncc4F)c3o2)cn1. The van der Waals surface area contributed by atoms with E-state index in [0.717, 1.165) is 22.9 Å². The number of fused-ring (bicyclic) bond motifs is 1. The molecule has 4 N–H and O–H groups in total. The molecule has 3 aromatic heterocycles. The number of rotatable bonds is 8. The zero-order valence-corrected chi connectivity index (χ0v) is 24.1. The van der Waals surface area contributed by atoms with Gasteiger partial charge in [-0.3, -0.25) is 14.7 Å². The van der Waals surface area contributed by atoms with Crippen molar-refractivity contribution in [3.8, 4) is 22.3 Å². The number of carbonyl (C=O) groups excluding carboxylic acids is 1. The van der Waals surface area contributed by atoms with Crippen molar-refractivity contribution in [1.29, 1.82) is 0 Å². The van der Waals surface area contributed by atoms with Crippen LogP contribution in [0, 0.1) is 5.82 Å². The second kappa shape index (κ2) is 12.5. The van der Waals surface area contributed by atoms with E-state index in [-0.39, 0.29) is 38.4 Å². The van der Waals surface area contributed by atoms with Crippen molar-refractivity contribution in [2.75, 3.05) is 18.8 Å². The number of nitrogens with zero attached hydrogens (tertiary/aromatic N) is 3. The largest absolute Gasteiger partial charge is 0.459 e. The maximum atomic E-state index is 15.0. The molecule has 0 aliphatic carbocycles. The van der Waals surface area contributed by atoms with E-state index >= 15 is 0 Å². The molecule has 5 aromatic rings. The monoisotopic (exact) mass is 613 g/mol. The highest BCUT2D eigenvalue weighted by atomic mass is 19.3. The van der Waals surface area contributed by atoms with Crippen molar-refractivity contribution >= 4 is 28.8 Å². The highest BCUT2D eigenvalue weighted by molar-refractivity contribution is 5.97. The number of benzene rings is 2. The Morgan fingerprint density at radius 2 is 1.82 bits per heavy atom. The Labute approximate surface area is 257 Å². The molecule has 1 unspecified atom stereocenters. The number of alkyl halides is 2. The summed E-state index contributed by atoms with van der Waals surface area (Å²) in [4.78, 5) is 21.9. The Balaban J connectivity index is 1.25. The lowest BCUT2D eigenvalue weighted by molar-refractivity contribution is -0.116. The summed E-state index contributed by atoms with van der Waals surface area (Å²) >= 11 is 0. The Morgan fingerprint density at radius 3 is 2.53 bits per heavy atom. The molecular weight excluding hydrogens is 583 g/mol. The van der Waals surface area contributed by atoms with Crippen molar-refractivity contribution in [3.05, 3.63) is 108 Å². The summed E-state index contributed by atoms with van der Waals surface area (Å²) in [6.45, 7) is 0.306. The Bertz CT molecular complexity index is 1850. The fourth-order valence-electron chi connectivity index (χ4n) is 5.33. The molecule has 0 saturated carbocycles. The molecule has 1 aliphatic heterocycles. The highest BCUT2D eigenvalue weighted by Gasteiger charge is 2.36. The number of likely N-dealkylation sites (tertiary alicyclic amines) is 1. The fourth-order valence-corrected chi connectivity index (χ4v) is 5.33. The number of pyridine rings is 2. The molecule has 1 amide bonds. The maximum absolute atomic E-state index is 15.0. The number of amides is 1. The average molecular weight is 614 g/mol. The van der Waals surface area contributed by atoms with Crippen LogP contribution in [0.5, 0.6) is 0 Å². The van der Waals surface area contributed by atoms with Crippen molar-refractivity contribution < 1.29 is 27.5 Å². The Morgan fingerprint density at radius 1 is 1.04 bits per heavy atom. The number of nitrogen functional groups attached to an aromatic ring is 1. The van der Waals surface area contributed by atoms with Gasteiger partial charge in [-0.1, -0.05) is 24.3 Å². The van der Waals surface area contributed by atoms with Gasteiger partial charge < -0.3 is 20.6 Å². The second-order valence-corrected chi connectivity index (χ2v) is 11.0. The van der Waals surface area contributed by atoms with Crippen LogP contribution in [0.15, 0.2) is 89.7 Å². The van der Waals surface area contributed by atoms with Crippen LogP contribution in [0.3, 0.4) is 0 Å². The van der Waals surface area contributed by atoms with E-state index in [0.29, 0.717) is 39.2 Å². The quantitative estimate of drug-likeness (QED) is 0.175. The van der Waals surface area contributed by atoms with E-state index in [1.54, 1.807) is 53.6 Å². The van der Waals surface area contributed by atoms with Crippen molar-refractivity contribution in [1.82, 2.24) is 20.2 Å². The van der Waals surface area contributed by atoms with Gasteiger partial charge in [-0.2, -0.15) is 0 Å². The Hall–Kier alpha value is -5.00. The van der Waals surface area contributed by atoms with E-state index < -0.39 is 18.0 Å². The van der Waals surface area contributed by atoms with Crippen LogP contribution in [0.1, 0.15) is 36.0 Å². The average Bonchev–Trinajstić information content (AvgIpc) is 3.46. The van der Waals surface area contributed by atoms with Gasteiger partial charge >= 0.3 is 0 Å². The van der Waals surface area contributed by atoms with E-state index in [4.69, 9.17) is 10.2 Å². The van der Waals surface area contributed by atoms with E-state index in [1.807, 2.05) is 24.3 Å². The first kappa shape index (κ1) is 30.0. The van der Waals surface area contributed by atoms with E-state index in [9.17, 15) is 23.1 Å². The molecule has 1 fully saturated rings. The zero-order chi connectivity index (χ0) is 31.6. The van der Waals surface area contributed by atoms with Gasteiger partial charge in [0.1, 0.15) is 29.2 Å². The summed E-state index contributed by atoms with van der Waals surface area (Å²) in [5.41, 5.74) is 9.73. The summed E-state index contributed by atoms with van der Waals surface area (Å²) in [5.74, 6) is -2.70. The number of nitrogens with two attached hydrogens (primary N) is 1. The molecule has 45 heavy (non-hydrogen) atoms. The number of nitrogens with one attached hydrogen (secondary N) is 1. The molecule has 6 rings (SSSR count). The molecule has 1 saturated heterocycles. The number of hydrogen-bond donors (Lipinski definition) is 3. The summed E-state index contributed by atoms with van der Waals surface area (Å²) in [6.07, 6.45) is 5.62. The zero-order valence-electron chi connectivity index (χ0n) is 24.1. The van der Waals surface area contributed by atoms with Crippen LogP contribution in [-0.4, -0.2) is 44.9 Å². The fraction of sp³-hybridized carbons (Fsp3) is 0.206. The standard InChI is InChI=1S/C34H30F3N5O3/c35-29-20-39-12-9-27(29)28-17-24(22-3-5-23(6-4-22)33(44)42-13-10-34(36,37)11-14-42)15-25-16-26(45-32(25)28)19-41-31(43)8-2-21-1-7-30(38)40-18-21/h1-9,12,15-18,20,33,44H,10-11,13-14,19H2,(H2,38,40)(H,41,43)/b8-2+. The van der Waals surface area contributed by atoms with Crippen molar-refractivity contribution in [3.63, 3.8) is 0 Å². The van der Waals surface area contributed by atoms with Gasteiger partial charge in [0.25, 0.3) is 5.92 Å². The van der Waals surface area contributed by atoms with Crippen LogP contribution < -0.4 is 11.1 Å². The molecule has 230 valence electrons. The minimum atomic E-state index is -2.70. The molecular formula is C34H30F3N5O3. The second-order valence-electron chi connectivity index (χ2n) is 11.0. The molecule has 0 spiro atoms. The summed E-state index contributed by atoms with van der Waals surface area (Å²) in [7, 11) is 0. The van der Waals surface area contributed by atoms with Gasteiger partial charge in [0.15, 0.2) is 0 Å². The van der Waals surface area contributed by atoms with Crippen LogP contribution >= 0.6 is 0 Å². The van der Waals surface area contributed by atoms with Gasteiger partial charge in [0.05, 0.1) is 12.7 Å². The first-order valence-corrected chi connectivity index (χ1v) is 14.4. The number of anilines is 1. The number of aromatic nitrogens is 2. The summed E-state index contributed by atoms with van der Waals surface area (Å²) in [5, 5.41) is 14.3. The molecule has 0 bridgehead atoms. The number of halogens is 3. The van der Waals surface area contributed by atoms with E-state index in [2.05, 4.69) is 15.3 Å².